The fourth-order valence-electron chi connectivity index (χ4n) is 2.04. The summed E-state index contributed by atoms with van der Waals surface area (Å²) in [6, 6.07) is 6.61. The zero-order chi connectivity index (χ0) is 17.2. The molecule has 126 valence electrons. The lowest BCUT2D eigenvalue weighted by molar-refractivity contribution is -0.146. The predicted molar refractivity (Wildman–Crippen MR) is 87.1 cm³/mol. The molecular formula is C17H24N2O4. The van der Waals surface area contributed by atoms with Crippen LogP contribution in [0.3, 0.4) is 0 Å². The number of amides is 2. The van der Waals surface area contributed by atoms with Gasteiger partial charge in [0, 0.05) is 18.5 Å². The summed E-state index contributed by atoms with van der Waals surface area (Å²) in [5.41, 5.74) is 6.54. The van der Waals surface area contributed by atoms with Crippen LogP contribution < -0.4 is 11.1 Å². The number of hydrogen-bond donors (Lipinski definition) is 2. The third-order valence-corrected chi connectivity index (χ3v) is 3.37. The van der Waals surface area contributed by atoms with Crippen molar-refractivity contribution in [3.05, 3.63) is 35.4 Å². The second-order valence-electron chi connectivity index (χ2n) is 5.46. The Morgan fingerprint density at radius 3 is 2.39 bits per heavy atom. The van der Waals surface area contributed by atoms with Crippen LogP contribution in [0.25, 0.3) is 0 Å². The topological polar surface area (TPSA) is 98.5 Å². The van der Waals surface area contributed by atoms with E-state index in [1.807, 2.05) is 19.1 Å². The maximum absolute atomic E-state index is 12.1. The molecule has 1 rings (SSSR count). The molecule has 1 atom stereocenters. The summed E-state index contributed by atoms with van der Waals surface area (Å²) in [5, 5.41) is 2.48. The lowest BCUT2D eigenvalue weighted by atomic mass is 10.1. The summed E-state index contributed by atoms with van der Waals surface area (Å²) in [6.45, 7) is 4.01. The van der Waals surface area contributed by atoms with Gasteiger partial charge in [-0.25, -0.2) is 4.79 Å². The first kappa shape index (κ1) is 18.7. The fraction of sp³-hybridized carbons (Fsp3) is 0.471. The first-order valence-electron chi connectivity index (χ1n) is 7.74. The number of nitrogens with two attached hydrogens (primary N) is 1. The Morgan fingerprint density at radius 1 is 1.13 bits per heavy atom. The Kier molecular flexibility index (Phi) is 7.80. The molecule has 0 radical (unpaired) electrons. The number of carbonyl (C=O) groups excluding carboxylic acids is 3. The van der Waals surface area contributed by atoms with Gasteiger partial charge in [-0.05, 0) is 26.7 Å². The minimum Gasteiger partial charge on any atom is -0.454 e. The van der Waals surface area contributed by atoms with Crippen LogP contribution in [0, 0.1) is 6.92 Å². The van der Waals surface area contributed by atoms with Gasteiger partial charge in [0.2, 0.25) is 5.78 Å². The molecule has 0 saturated heterocycles. The van der Waals surface area contributed by atoms with Crippen LogP contribution in [0.1, 0.15) is 48.5 Å². The lowest BCUT2D eigenvalue weighted by Gasteiger charge is -2.12. The molecule has 0 spiro atoms. The van der Waals surface area contributed by atoms with Crippen LogP contribution in [-0.4, -0.2) is 30.4 Å². The molecule has 1 aromatic carbocycles. The van der Waals surface area contributed by atoms with Gasteiger partial charge in [-0.15, -0.1) is 0 Å². The van der Waals surface area contributed by atoms with Crippen LogP contribution in [0.5, 0.6) is 0 Å². The van der Waals surface area contributed by atoms with Crippen molar-refractivity contribution >= 4 is 17.8 Å². The number of rotatable bonds is 9. The van der Waals surface area contributed by atoms with E-state index in [0.717, 1.165) is 18.4 Å². The van der Waals surface area contributed by atoms with Crippen LogP contribution in [0.2, 0.25) is 0 Å². The van der Waals surface area contributed by atoms with Crippen molar-refractivity contribution < 1.29 is 19.1 Å². The van der Waals surface area contributed by atoms with Gasteiger partial charge in [-0.2, -0.15) is 0 Å². The van der Waals surface area contributed by atoms with Crippen molar-refractivity contribution in [3.63, 3.8) is 0 Å². The molecule has 23 heavy (non-hydrogen) atoms. The molecule has 6 heteroatoms. The van der Waals surface area contributed by atoms with Crippen LogP contribution >= 0.6 is 0 Å². The number of benzene rings is 1. The third kappa shape index (κ3) is 7.44. The van der Waals surface area contributed by atoms with Crippen molar-refractivity contribution in [1.82, 2.24) is 5.32 Å². The summed E-state index contributed by atoms with van der Waals surface area (Å²) in [7, 11) is 0. The van der Waals surface area contributed by atoms with Crippen molar-refractivity contribution in [2.75, 3.05) is 6.54 Å². The number of Topliss-reactive ketones (excluding diaryl/α,β-unsaturated/α-hetero) is 1. The fourth-order valence-corrected chi connectivity index (χ4v) is 2.04. The molecule has 3 N–H and O–H groups in total. The number of ether oxygens (including phenoxy) is 1. The van der Waals surface area contributed by atoms with Gasteiger partial charge in [-0.1, -0.05) is 36.2 Å². The minimum absolute atomic E-state index is 0.205. The first-order chi connectivity index (χ1) is 10.9. The number of nitrogens with one attached hydrogen (secondary N) is 1. The van der Waals surface area contributed by atoms with E-state index in [-0.39, 0.29) is 18.2 Å². The second kappa shape index (κ2) is 9.61. The van der Waals surface area contributed by atoms with E-state index in [9.17, 15) is 14.4 Å². The molecule has 0 fully saturated rings. The number of aryl methyl sites for hydroxylation is 1. The smallest absolute Gasteiger partial charge is 0.312 e. The zero-order valence-corrected chi connectivity index (χ0v) is 13.6. The standard InChI is InChI=1S/C17H24N2O4/c1-12-7-9-14(10-8-12)16(21)13(2)23-15(20)6-4-3-5-11-19-17(18)22/h7-10,13H,3-6,11H2,1-2H3,(H3,18,19,22)/t13-/m0/s1. The van der Waals surface area contributed by atoms with Crippen molar-refractivity contribution in [2.45, 2.75) is 45.6 Å². The average molecular weight is 320 g/mol. The summed E-state index contributed by atoms with van der Waals surface area (Å²) < 4.78 is 5.16. The quantitative estimate of drug-likeness (QED) is 0.414. The number of urea groups is 1. The highest BCUT2D eigenvalue weighted by molar-refractivity contribution is 6.00. The average Bonchev–Trinajstić information content (AvgIpc) is 2.50. The van der Waals surface area contributed by atoms with Gasteiger partial charge in [0.1, 0.15) is 0 Å². The molecule has 2 amide bonds. The van der Waals surface area contributed by atoms with Crippen molar-refractivity contribution in [3.8, 4) is 0 Å². The number of unbranched alkanes of at least 4 members (excludes halogenated alkanes) is 2. The molecule has 0 aliphatic rings. The molecule has 0 saturated carbocycles. The molecule has 0 bridgehead atoms. The zero-order valence-electron chi connectivity index (χ0n) is 13.6. The van der Waals surface area contributed by atoms with Gasteiger partial charge >= 0.3 is 12.0 Å². The maximum Gasteiger partial charge on any atom is 0.312 e. The highest BCUT2D eigenvalue weighted by atomic mass is 16.5. The highest BCUT2D eigenvalue weighted by Crippen LogP contribution is 2.10. The van der Waals surface area contributed by atoms with Gasteiger partial charge < -0.3 is 15.8 Å². The van der Waals surface area contributed by atoms with Gasteiger partial charge in [-0.3, -0.25) is 9.59 Å². The van der Waals surface area contributed by atoms with E-state index in [4.69, 9.17) is 10.5 Å². The van der Waals surface area contributed by atoms with Crippen molar-refractivity contribution in [1.29, 1.82) is 0 Å². The Balaban J connectivity index is 2.26. The summed E-state index contributed by atoms with van der Waals surface area (Å²) in [6.07, 6.45) is 1.62. The van der Waals surface area contributed by atoms with Gasteiger partial charge in [0.15, 0.2) is 6.10 Å². The molecule has 0 aliphatic carbocycles. The SMILES string of the molecule is Cc1ccc(C(=O)[C@H](C)OC(=O)CCCCCNC(N)=O)cc1. The van der Waals surface area contributed by atoms with E-state index >= 15 is 0 Å². The Bertz CT molecular complexity index is 540. The third-order valence-electron chi connectivity index (χ3n) is 3.37. The van der Waals surface area contributed by atoms with E-state index in [0.29, 0.717) is 18.5 Å². The molecule has 0 heterocycles. The van der Waals surface area contributed by atoms with Crippen LogP contribution in [0.4, 0.5) is 4.79 Å². The number of hydrogen-bond acceptors (Lipinski definition) is 4. The number of primary amides is 1. The Hall–Kier alpha value is -2.37. The second-order valence-corrected chi connectivity index (χ2v) is 5.46. The number of ketones is 1. The maximum atomic E-state index is 12.1. The summed E-state index contributed by atoms with van der Waals surface area (Å²) >= 11 is 0. The van der Waals surface area contributed by atoms with Gasteiger partial charge in [0.25, 0.3) is 0 Å². The number of esters is 1. The van der Waals surface area contributed by atoms with E-state index < -0.39 is 12.1 Å². The molecule has 1 aromatic rings. The molecule has 0 aromatic heterocycles. The van der Waals surface area contributed by atoms with E-state index in [2.05, 4.69) is 5.32 Å². The predicted octanol–water partition coefficient (Wildman–Crippen LogP) is 2.34. The summed E-state index contributed by atoms with van der Waals surface area (Å²) in [5.74, 6) is -0.593. The van der Waals surface area contributed by atoms with Crippen LogP contribution in [0.15, 0.2) is 24.3 Å². The monoisotopic (exact) mass is 320 g/mol. The van der Waals surface area contributed by atoms with E-state index in [1.165, 1.54) is 0 Å². The highest BCUT2D eigenvalue weighted by Gasteiger charge is 2.19. The molecule has 0 aliphatic heterocycles. The normalized spacial score (nSPS) is 11.6. The minimum atomic E-state index is -0.790. The summed E-state index contributed by atoms with van der Waals surface area (Å²) in [4.78, 5) is 34.3. The number of carbonyl (C=O) groups is 3. The Labute approximate surface area is 136 Å². The first-order valence-corrected chi connectivity index (χ1v) is 7.74. The lowest BCUT2D eigenvalue weighted by Crippen LogP contribution is -2.30. The van der Waals surface area contributed by atoms with E-state index in [1.54, 1.807) is 19.1 Å². The van der Waals surface area contributed by atoms with Crippen molar-refractivity contribution in [2.24, 2.45) is 5.73 Å². The van der Waals surface area contributed by atoms with Gasteiger partial charge in [0.05, 0.1) is 0 Å². The Morgan fingerprint density at radius 2 is 1.78 bits per heavy atom. The molecular weight excluding hydrogens is 296 g/mol. The molecule has 6 nitrogen and oxygen atoms in total. The largest absolute Gasteiger partial charge is 0.454 e. The molecule has 0 unspecified atom stereocenters. The van der Waals surface area contributed by atoms with Crippen LogP contribution in [-0.2, 0) is 9.53 Å².